The molecule has 0 aliphatic carbocycles. The lowest BCUT2D eigenvalue weighted by Crippen LogP contribution is -2.29. The van der Waals surface area contributed by atoms with Gasteiger partial charge in [-0.3, -0.25) is 9.36 Å². The fraction of sp³-hybridized carbons (Fsp3) is 0.125. The van der Waals surface area contributed by atoms with Crippen molar-refractivity contribution in [2.24, 2.45) is 0 Å². The Balaban J connectivity index is 1.51. The number of hydrogen-bond acceptors (Lipinski definition) is 4. The van der Waals surface area contributed by atoms with Crippen LogP contribution in [0.1, 0.15) is 35.7 Å². The normalized spacial score (nSPS) is 12.4. The summed E-state index contributed by atoms with van der Waals surface area (Å²) < 4.78 is 30.2. The van der Waals surface area contributed by atoms with Crippen LogP contribution in [0.2, 0.25) is 0 Å². The third-order valence-corrected chi connectivity index (χ3v) is 6.16. The SMILES string of the molecule is CC(NC(=O)c1cn(-c2ccccc2)nc1-c1cccs1)c1nc2ccccc2n1C(F)F. The molecular weight excluding hydrogens is 444 g/mol. The number of carbonyl (C=O) groups excluding carboxylic acids is 1. The van der Waals surface area contributed by atoms with Crippen molar-refractivity contribution in [3.63, 3.8) is 0 Å². The van der Waals surface area contributed by atoms with Gasteiger partial charge < -0.3 is 5.32 Å². The molecule has 0 fully saturated rings. The van der Waals surface area contributed by atoms with E-state index < -0.39 is 18.5 Å². The summed E-state index contributed by atoms with van der Waals surface area (Å²) in [6.07, 6.45) is 1.66. The third kappa shape index (κ3) is 3.91. The standard InChI is InChI=1S/C24H19F2N5OS/c1-15(22-28-18-10-5-6-11-19(18)31(22)24(25)26)27-23(32)17-14-30(16-8-3-2-4-9-16)29-21(17)20-12-7-13-33-20/h2-15,24H,1H3,(H,27,32). The highest BCUT2D eigenvalue weighted by Gasteiger charge is 2.25. The van der Waals surface area contributed by atoms with E-state index in [1.807, 2.05) is 47.8 Å². The summed E-state index contributed by atoms with van der Waals surface area (Å²) in [6.45, 7) is -1.14. The Bertz CT molecular complexity index is 1410. The molecule has 0 spiro atoms. The summed E-state index contributed by atoms with van der Waals surface area (Å²) >= 11 is 1.47. The van der Waals surface area contributed by atoms with Crippen molar-refractivity contribution >= 4 is 28.3 Å². The van der Waals surface area contributed by atoms with Crippen LogP contribution >= 0.6 is 11.3 Å². The second-order valence-corrected chi connectivity index (χ2v) is 8.40. The van der Waals surface area contributed by atoms with Gasteiger partial charge in [-0.1, -0.05) is 36.4 Å². The molecule has 3 heterocycles. The number of hydrogen-bond donors (Lipinski definition) is 1. The average Bonchev–Trinajstić information content (AvgIpc) is 3.57. The second kappa shape index (κ2) is 8.59. The van der Waals surface area contributed by atoms with Gasteiger partial charge in [-0.2, -0.15) is 13.9 Å². The second-order valence-electron chi connectivity index (χ2n) is 7.45. The number of benzene rings is 2. The van der Waals surface area contributed by atoms with Crippen LogP contribution in [0.25, 0.3) is 27.3 Å². The molecule has 5 aromatic rings. The Morgan fingerprint density at radius 3 is 2.52 bits per heavy atom. The molecule has 5 rings (SSSR count). The summed E-state index contributed by atoms with van der Waals surface area (Å²) in [5.74, 6) is -0.325. The highest BCUT2D eigenvalue weighted by Crippen LogP contribution is 2.30. The van der Waals surface area contributed by atoms with Gasteiger partial charge in [0.05, 0.1) is 33.2 Å². The monoisotopic (exact) mass is 463 g/mol. The molecule has 0 saturated heterocycles. The topological polar surface area (TPSA) is 64.7 Å². The maximum atomic E-state index is 13.9. The number of nitrogens with one attached hydrogen (secondary N) is 1. The number of amides is 1. The molecule has 1 amide bonds. The van der Waals surface area contributed by atoms with Crippen molar-refractivity contribution in [2.75, 3.05) is 0 Å². The minimum absolute atomic E-state index is 0.0904. The lowest BCUT2D eigenvalue weighted by Gasteiger charge is -2.15. The Hall–Kier alpha value is -3.85. The largest absolute Gasteiger partial charge is 0.342 e. The molecule has 6 nitrogen and oxygen atoms in total. The van der Waals surface area contributed by atoms with Crippen LogP contribution in [0.5, 0.6) is 0 Å². The summed E-state index contributed by atoms with van der Waals surface area (Å²) in [5, 5.41) is 9.37. The van der Waals surface area contributed by atoms with E-state index in [1.165, 1.54) is 11.3 Å². The van der Waals surface area contributed by atoms with Crippen LogP contribution in [0.15, 0.2) is 78.3 Å². The van der Waals surface area contributed by atoms with Crippen LogP contribution in [-0.4, -0.2) is 25.2 Å². The highest BCUT2D eigenvalue weighted by molar-refractivity contribution is 7.13. The predicted molar refractivity (Wildman–Crippen MR) is 124 cm³/mol. The van der Waals surface area contributed by atoms with Gasteiger partial charge in [0.15, 0.2) is 0 Å². The molecule has 1 N–H and O–H groups in total. The zero-order valence-electron chi connectivity index (χ0n) is 17.5. The molecule has 2 aromatic carbocycles. The van der Waals surface area contributed by atoms with E-state index >= 15 is 0 Å². The quantitative estimate of drug-likeness (QED) is 0.344. The summed E-state index contributed by atoms with van der Waals surface area (Å²) in [4.78, 5) is 18.5. The maximum absolute atomic E-state index is 13.9. The molecule has 1 unspecified atom stereocenters. The van der Waals surface area contributed by atoms with Crippen molar-refractivity contribution in [1.82, 2.24) is 24.6 Å². The van der Waals surface area contributed by atoms with Gasteiger partial charge in [-0.15, -0.1) is 11.3 Å². The van der Waals surface area contributed by atoms with Gasteiger partial charge >= 0.3 is 6.55 Å². The molecule has 9 heteroatoms. The van der Waals surface area contributed by atoms with Crippen LogP contribution in [0, 0.1) is 0 Å². The smallest absolute Gasteiger partial charge is 0.320 e. The molecule has 0 aliphatic rings. The number of carbonyl (C=O) groups is 1. The molecule has 0 aliphatic heterocycles. The average molecular weight is 464 g/mol. The summed E-state index contributed by atoms with van der Waals surface area (Å²) in [7, 11) is 0. The zero-order chi connectivity index (χ0) is 22.9. The number of para-hydroxylation sites is 3. The number of rotatable bonds is 6. The Kier molecular flexibility index (Phi) is 5.47. The fourth-order valence-corrected chi connectivity index (χ4v) is 4.48. The minimum Gasteiger partial charge on any atom is -0.342 e. The number of fused-ring (bicyclic) bond motifs is 1. The summed E-state index contributed by atoms with van der Waals surface area (Å²) in [5.41, 5.74) is 2.46. The number of alkyl halides is 2. The van der Waals surface area contributed by atoms with E-state index in [2.05, 4.69) is 15.4 Å². The zero-order valence-corrected chi connectivity index (χ0v) is 18.3. The van der Waals surface area contributed by atoms with Gasteiger partial charge in [-0.25, -0.2) is 9.67 Å². The molecular formula is C24H19F2N5OS. The van der Waals surface area contributed by atoms with E-state index in [0.29, 0.717) is 22.3 Å². The minimum atomic E-state index is -2.78. The van der Waals surface area contributed by atoms with Crippen LogP contribution in [0.4, 0.5) is 8.78 Å². The van der Waals surface area contributed by atoms with E-state index in [0.717, 1.165) is 15.1 Å². The predicted octanol–water partition coefficient (Wildman–Crippen LogP) is 5.84. The van der Waals surface area contributed by atoms with E-state index in [1.54, 1.807) is 42.1 Å². The fourth-order valence-electron chi connectivity index (χ4n) is 3.76. The molecule has 0 bridgehead atoms. The maximum Gasteiger partial charge on any atom is 0.320 e. The van der Waals surface area contributed by atoms with E-state index in [-0.39, 0.29) is 5.82 Å². The lowest BCUT2D eigenvalue weighted by atomic mass is 10.2. The van der Waals surface area contributed by atoms with E-state index in [9.17, 15) is 13.6 Å². The molecule has 0 radical (unpaired) electrons. The number of halogens is 2. The van der Waals surface area contributed by atoms with Gasteiger partial charge in [0.1, 0.15) is 11.5 Å². The molecule has 166 valence electrons. The van der Waals surface area contributed by atoms with Crippen LogP contribution in [-0.2, 0) is 0 Å². The first-order valence-corrected chi connectivity index (χ1v) is 11.2. The highest BCUT2D eigenvalue weighted by atomic mass is 32.1. The number of imidazole rings is 1. The van der Waals surface area contributed by atoms with Crippen LogP contribution in [0.3, 0.4) is 0 Å². The Labute approximate surface area is 192 Å². The van der Waals surface area contributed by atoms with Crippen molar-refractivity contribution in [1.29, 1.82) is 0 Å². The first-order chi connectivity index (χ1) is 16.0. The van der Waals surface area contributed by atoms with Gasteiger partial charge in [0.25, 0.3) is 5.91 Å². The Morgan fingerprint density at radius 1 is 1.03 bits per heavy atom. The molecule has 3 aromatic heterocycles. The van der Waals surface area contributed by atoms with Crippen molar-refractivity contribution < 1.29 is 13.6 Å². The summed E-state index contributed by atoms with van der Waals surface area (Å²) in [6, 6.07) is 19.2. The van der Waals surface area contributed by atoms with Gasteiger partial charge in [-0.05, 0) is 42.6 Å². The molecule has 1 atom stereocenters. The third-order valence-electron chi connectivity index (χ3n) is 5.29. The Morgan fingerprint density at radius 2 is 1.79 bits per heavy atom. The van der Waals surface area contributed by atoms with Crippen molar-refractivity contribution in [3.05, 3.63) is 89.7 Å². The molecule has 33 heavy (non-hydrogen) atoms. The number of nitrogens with zero attached hydrogens (tertiary/aromatic N) is 4. The van der Waals surface area contributed by atoms with Crippen molar-refractivity contribution in [3.8, 4) is 16.3 Å². The number of thiophene rings is 1. The first kappa shape index (κ1) is 21.0. The van der Waals surface area contributed by atoms with Crippen molar-refractivity contribution in [2.45, 2.75) is 19.5 Å². The van der Waals surface area contributed by atoms with Gasteiger partial charge in [0, 0.05) is 6.20 Å². The van der Waals surface area contributed by atoms with Crippen LogP contribution < -0.4 is 5.32 Å². The lowest BCUT2D eigenvalue weighted by molar-refractivity contribution is 0.0688. The first-order valence-electron chi connectivity index (χ1n) is 10.3. The molecule has 0 saturated carbocycles. The van der Waals surface area contributed by atoms with Gasteiger partial charge in [0.2, 0.25) is 0 Å². The number of aromatic nitrogens is 4. The van der Waals surface area contributed by atoms with E-state index in [4.69, 9.17) is 0 Å².